The fourth-order valence-corrected chi connectivity index (χ4v) is 2.26. The summed E-state index contributed by atoms with van der Waals surface area (Å²) in [6, 6.07) is 0.230. The third kappa shape index (κ3) is 1.38. The predicted octanol–water partition coefficient (Wildman–Crippen LogP) is 1.39. The van der Waals surface area contributed by atoms with E-state index in [1.54, 1.807) is 0 Å². The molecule has 12 heavy (non-hydrogen) atoms. The van der Waals surface area contributed by atoms with Crippen LogP contribution < -0.4 is 5.32 Å². The average molecular weight is 171 g/mol. The molecule has 1 rings (SSSR count). The van der Waals surface area contributed by atoms with Crippen molar-refractivity contribution in [2.75, 3.05) is 6.54 Å². The van der Waals surface area contributed by atoms with E-state index in [0.717, 1.165) is 13.0 Å². The van der Waals surface area contributed by atoms with Crippen LogP contribution in [0.25, 0.3) is 0 Å². The summed E-state index contributed by atoms with van der Waals surface area (Å²) >= 11 is 0. The van der Waals surface area contributed by atoms with Gasteiger partial charge in [-0.25, -0.2) is 0 Å². The molecule has 0 amide bonds. The van der Waals surface area contributed by atoms with E-state index in [-0.39, 0.29) is 6.04 Å². The monoisotopic (exact) mass is 171 g/mol. The molecule has 2 N–H and O–H groups in total. The van der Waals surface area contributed by atoms with Gasteiger partial charge in [-0.1, -0.05) is 20.8 Å². The van der Waals surface area contributed by atoms with Gasteiger partial charge in [0.1, 0.15) is 0 Å². The van der Waals surface area contributed by atoms with Crippen molar-refractivity contribution in [1.29, 1.82) is 0 Å². The minimum Gasteiger partial charge on any atom is -0.388 e. The second-order valence-corrected chi connectivity index (χ2v) is 4.24. The maximum atomic E-state index is 10.2. The summed E-state index contributed by atoms with van der Waals surface area (Å²) in [5.41, 5.74) is -0.449. The highest BCUT2D eigenvalue weighted by Gasteiger charge is 2.50. The molecule has 0 aromatic heterocycles. The highest BCUT2D eigenvalue weighted by molar-refractivity contribution is 5.04. The zero-order chi connectivity index (χ0) is 9.35. The highest BCUT2D eigenvalue weighted by atomic mass is 16.3. The molecule has 72 valence electrons. The average Bonchev–Trinajstić information content (AvgIpc) is 2.04. The van der Waals surface area contributed by atoms with Crippen molar-refractivity contribution < 1.29 is 5.11 Å². The number of hydrogen-bond acceptors (Lipinski definition) is 2. The van der Waals surface area contributed by atoms with E-state index >= 15 is 0 Å². The van der Waals surface area contributed by atoms with Crippen LogP contribution in [0.2, 0.25) is 0 Å². The zero-order valence-corrected chi connectivity index (χ0v) is 8.59. The van der Waals surface area contributed by atoms with Gasteiger partial charge in [0.15, 0.2) is 0 Å². The van der Waals surface area contributed by atoms with Crippen LogP contribution >= 0.6 is 0 Å². The Morgan fingerprint density at radius 1 is 1.58 bits per heavy atom. The Balaban J connectivity index is 2.50. The van der Waals surface area contributed by atoms with Crippen LogP contribution in [-0.4, -0.2) is 23.3 Å². The minimum atomic E-state index is -0.449. The van der Waals surface area contributed by atoms with Crippen LogP contribution in [0.1, 0.15) is 34.1 Å². The lowest BCUT2D eigenvalue weighted by Crippen LogP contribution is -2.62. The predicted molar refractivity (Wildman–Crippen MR) is 51.0 cm³/mol. The molecular formula is C10H21NO. The van der Waals surface area contributed by atoms with E-state index in [4.69, 9.17) is 0 Å². The summed E-state index contributed by atoms with van der Waals surface area (Å²) in [7, 11) is 0. The normalized spacial score (nSPS) is 43.8. The van der Waals surface area contributed by atoms with Gasteiger partial charge in [-0.3, -0.25) is 0 Å². The van der Waals surface area contributed by atoms with Crippen molar-refractivity contribution >= 4 is 0 Å². The third-order valence-electron chi connectivity index (χ3n) is 3.55. The van der Waals surface area contributed by atoms with Crippen LogP contribution in [0.4, 0.5) is 0 Å². The van der Waals surface area contributed by atoms with Gasteiger partial charge in [0, 0.05) is 6.04 Å². The molecule has 1 saturated carbocycles. The van der Waals surface area contributed by atoms with Gasteiger partial charge in [0.2, 0.25) is 0 Å². The molecule has 0 bridgehead atoms. The van der Waals surface area contributed by atoms with E-state index in [1.165, 1.54) is 0 Å². The summed E-state index contributed by atoms with van der Waals surface area (Å²) in [5.74, 6) is 1.11. The fourth-order valence-electron chi connectivity index (χ4n) is 2.26. The Kier molecular flexibility index (Phi) is 2.79. The van der Waals surface area contributed by atoms with Gasteiger partial charge in [0.05, 0.1) is 5.60 Å². The summed E-state index contributed by atoms with van der Waals surface area (Å²) in [5, 5.41) is 13.5. The quantitative estimate of drug-likeness (QED) is 0.672. The topological polar surface area (TPSA) is 32.3 Å². The lowest BCUT2D eigenvalue weighted by molar-refractivity contribution is -0.144. The first-order valence-electron chi connectivity index (χ1n) is 4.98. The molecule has 1 aliphatic rings. The Bertz CT molecular complexity index is 160. The van der Waals surface area contributed by atoms with Gasteiger partial charge in [-0.2, -0.15) is 0 Å². The zero-order valence-electron chi connectivity index (χ0n) is 8.59. The maximum absolute atomic E-state index is 10.2. The van der Waals surface area contributed by atoms with Crippen LogP contribution in [0, 0.1) is 11.8 Å². The molecule has 0 heterocycles. The summed E-state index contributed by atoms with van der Waals surface area (Å²) in [6.07, 6.45) is 0.947. The maximum Gasteiger partial charge on any atom is 0.0827 e. The summed E-state index contributed by atoms with van der Waals surface area (Å²) < 4.78 is 0. The molecule has 0 aromatic rings. The second kappa shape index (κ2) is 3.35. The summed E-state index contributed by atoms with van der Waals surface area (Å²) in [4.78, 5) is 0. The SMILES string of the molecule is CCNC(C)C1(O)CC(C)C1C. The van der Waals surface area contributed by atoms with E-state index in [0.29, 0.717) is 11.8 Å². The first-order chi connectivity index (χ1) is 5.52. The lowest BCUT2D eigenvalue weighted by Gasteiger charge is -2.52. The van der Waals surface area contributed by atoms with Crippen LogP contribution in [0.5, 0.6) is 0 Å². The lowest BCUT2D eigenvalue weighted by atomic mass is 9.60. The first-order valence-corrected chi connectivity index (χ1v) is 4.98. The van der Waals surface area contributed by atoms with Gasteiger partial charge >= 0.3 is 0 Å². The highest BCUT2D eigenvalue weighted by Crippen LogP contribution is 2.45. The molecule has 2 heteroatoms. The van der Waals surface area contributed by atoms with Crippen molar-refractivity contribution in [3.63, 3.8) is 0 Å². The Morgan fingerprint density at radius 3 is 2.50 bits per heavy atom. The van der Waals surface area contributed by atoms with E-state index in [1.807, 2.05) is 0 Å². The van der Waals surface area contributed by atoms with Crippen LogP contribution in [-0.2, 0) is 0 Å². The number of likely N-dealkylation sites (N-methyl/N-ethyl adjacent to an activating group) is 1. The van der Waals surface area contributed by atoms with Crippen LogP contribution in [0.3, 0.4) is 0 Å². The van der Waals surface area contributed by atoms with Crippen LogP contribution in [0.15, 0.2) is 0 Å². The van der Waals surface area contributed by atoms with E-state index < -0.39 is 5.60 Å². The molecule has 1 aliphatic carbocycles. The Labute approximate surface area is 75.4 Å². The summed E-state index contributed by atoms with van der Waals surface area (Å²) in [6.45, 7) is 9.43. The molecule has 4 atom stereocenters. The first kappa shape index (κ1) is 10.0. The molecule has 0 aromatic carbocycles. The molecule has 4 unspecified atom stereocenters. The van der Waals surface area contributed by atoms with E-state index in [2.05, 4.69) is 33.0 Å². The number of nitrogens with one attached hydrogen (secondary N) is 1. The van der Waals surface area contributed by atoms with Gasteiger partial charge < -0.3 is 10.4 Å². The number of aliphatic hydroxyl groups is 1. The third-order valence-corrected chi connectivity index (χ3v) is 3.55. The molecule has 0 radical (unpaired) electrons. The van der Waals surface area contributed by atoms with Gasteiger partial charge in [-0.15, -0.1) is 0 Å². The Morgan fingerprint density at radius 2 is 2.17 bits per heavy atom. The molecule has 0 spiro atoms. The largest absolute Gasteiger partial charge is 0.388 e. The van der Waals surface area contributed by atoms with Crippen molar-refractivity contribution in [1.82, 2.24) is 5.32 Å². The second-order valence-electron chi connectivity index (χ2n) is 4.24. The minimum absolute atomic E-state index is 0.230. The van der Waals surface area contributed by atoms with Crippen molar-refractivity contribution in [2.24, 2.45) is 11.8 Å². The Hall–Kier alpha value is -0.0800. The fraction of sp³-hybridized carbons (Fsp3) is 1.00. The number of hydrogen-bond donors (Lipinski definition) is 2. The molecule has 0 saturated heterocycles. The molecule has 1 fully saturated rings. The van der Waals surface area contributed by atoms with Crippen molar-refractivity contribution in [3.05, 3.63) is 0 Å². The van der Waals surface area contributed by atoms with Gasteiger partial charge in [-0.05, 0) is 31.7 Å². The van der Waals surface area contributed by atoms with E-state index in [9.17, 15) is 5.11 Å². The van der Waals surface area contributed by atoms with Crippen molar-refractivity contribution in [2.45, 2.75) is 45.8 Å². The molecule has 0 aliphatic heterocycles. The van der Waals surface area contributed by atoms with Gasteiger partial charge in [0.25, 0.3) is 0 Å². The smallest absolute Gasteiger partial charge is 0.0827 e. The standard InChI is InChI=1S/C10H21NO/c1-5-11-9(4)10(12)6-7(2)8(10)3/h7-9,11-12H,5-6H2,1-4H3. The molecule has 2 nitrogen and oxygen atoms in total. The van der Waals surface area contributed by atoms with Crippen molar-refractivity contribution in [3.8, 4) is 0 Å². The molecular weight excluding hydrogens is 150 g/mol. The number of rotatable bonds is 3.